The quantitative estimate of drug-likeness (QED) is 0.178. The van der Waals surface area contributed by atoms with Gasteiger partial charge in [0.1, 0.15) is 27.8 Å². The Kier molecular flexibility index (Phi) is 6.42. The van der Waals surface area contributed by atoms with E-state index in [0.29, 0.717) is 23.4 Å². The minimum absolute atomic E-state index is 0.528. The summed E-state index contributed by atoms with van der Waals surface area (Å²) in [5.41, 5.74) is 10.2. The summed E-state index contributed by atoms with van der Waals surface area (Å²) in [5.74, 6) is 2.22. The zero-order chi connectivity index (χ0) is 34.9. The molecule has 0 amide bonds. The molecule has 53 heavy (non-hydrogen) atoms. The first-order valence-electron chi connectivity index (χ1n) is 17.4. The third-order valence-electron chi connectivity index (χ3n) is 9.79. The van der Waals surface area contributed by atoms with Gasteiger partial charge in [0, 0.05) is 38.2 Å². The molecule has 7 nitrogen and oxygen atoms in total. The topological polar surface area (TPSA) is 91.0 Å². The maximum atomic E-state index is 6.44. The molecule has 0 aliphatic heterocycles. The number of para-hydroxylation sites is 4. The van der Waals surface area contributed by atoms with Crippen molar-refractivity contribution in [3.8, 4) is 56.7 Å². The maximum absolute atomic E-state index is 6.44. The molecule has 0 unspecified atom stereocenters. The Labute approximate surface area is 301 Å². The van der Waals surface area contributed by atoms with Crippen molar-refractivity contribution in [1.82, 2.24) is 19.9 Å². The average molecular weight is 683 g/mol. The van der Waals surface area contributed by atoms with Gasteiger partial charge >= 0.3 is 0 Å². The van der Waals surface area contributed by atoms with E-state index in [1.165, 1.54) is 0 Å². The Morgan fingerprint density at radius 3 is 1.89 bits per heavy atom. The number of aromatic nitrogens is 4. The fraction of sp³-hybridized carbons (Fsp3) is 0. The molecule has 7 heteroatoms. The second-order valence-corrected chi connectivity index (χ2v) is 13.0. The van der Waals surface area contributed by atoms with E-state index in [4.69, 9.17) is 33.2 Å². The van der Waals surface area contributed by atoms with Crippen LogP contribution in [-0.4, -0.2) is 19.9 Å². The van der Waals surface area contributed by atoms with E-state index in [1.807, 2.05) is 121 Å². The van der Waals surface area contributed by atoms with Crippen LogP contribution in [0.4, 0.5) is 0 Å². The molecule has 11 rings (SSSR count). The molecule has 0 spiro atoms. The molecule has 0 radical (unpaired) electrons. The third-order valence-corrected chi connectivity index (χ3v) is 9.79. The number of hydrogen-bond donors (Lipinski definition) is 0. The molecule has 4 heterocycles. The van der Waals surface area contributed by atoms with Crippen molar-refractivity contribution < 1.29 is 13.3 Å². The second-order valence-electron chi connectivity index (χ2n) is 13.0. The number of oxazole rings is 1. The fourth-order valence-electron chi connectivity index (χ4n) is 7.28. The van der Waals surface area contributed by atoms with E-state index >= 15 is 0 Å². The van der Waals surface area contributed by atoms with Crippen LogP contribution in [0.5, 0.6) is 0 Å². The van der Waals surface area contributed by atoms with E-state index < -0.39 is 0 Å². The summed E-state index contributed by atoms with van der Waals surface area (Å²) in [5, 5.41) is 3.95. The molecule has 0 bridgehead atoms. The predicted molar refractivity (Wildman–Crippen MR) is 209 cm³/mol. The summed E-state index contributed by atoms with van der Waals surface area (Å²) in [7, 11) is 0. The van der Waals surface area contributed by atoms with Crippen LogP contribution in [0, 0.1) is 0 Å². The van der Waals surface area contributed by atoms with Crippen LogP contribution in [0.15, 0.2) is 171 Å². The fourth-order valence-corrected chi connectivity index (χ4v) is 7.28. The van der Waals surface area contributed by atoms with Gasteiger partial charge in [0.15, 0.2) is 23.1 Å². The van der Waals surface area contributed by atoms with Crippen LogP contribution >= 0.6 is 0 Å². The largest absolute Gasteiger partial charge is 0.456 e. The van der Waals surface area contributed by atoms with Crippen LogP contribution in [0.3, 0.4) is 0 Å². The molecular formula is C46H26N4O3. The molecule has 0 aliphatic rings. The molecule has 11 aromatic rings. The molecule has 0 saturated heterocycles. The lowest BCUT2D eigenvalue weighted by atomic mass is 9.99. The minimum Gasteiger partial charge on any atom is -0.456 e. The summed E-state index contributed by atoms with van der Waals surface area (Å²) in [6.45, 7) is 0. The van der Waals surface area contributed by atoms with E-state index in [1.54, 1.807) is 0 Å². The van der Waals surface area contributed by atoms with Gasteiger partial charge in [0.25, 0.3) is 0 Å². The van der Waals surface area contributed by atoms with Gasteiger partial charge in [-0.05, 0) is 65.7 Å². The normalized spacial score (nSPS) is 11.8. The lowest BCUT2D eigenvalue weighted by Gasteiger charge is -2.10. The smallest absolute Gasteiger partial charge is 0.227 e. The Hall–Kier alpha value is -7.38. The Morgan fingerprint density at radius 2 is 0.981 bits per heavy atom. The molecule has 0 aliphatic carbocycles. The summed E-state index contributed by atoms with van der Waals surface area (Å²) in [4.78, 5) is 20.0. The van der Waals surface area contributed by atoms with Gasteiger partial charge in [-0.25, -0.2) is 19.9 Å². The first-order valence-corrected chi connectivity index (χ1v) is 17.4. The lowest BCUT2D eigenvalue weighted by molar-refractivity contribution is 0.620. The summed E-state index contributed by atoms with van der Waals surface area (Å²) in [6.07, 6.45) is 0. The van der Waals surface area contributed by atoms with Crippen molar-refractivity contribution in [1.29, 1.82) is 0 Å². The molecule has 248 valence electrons. The van der Waals surface area contributed by atoms with Crippen molar-refractivity contribution in [2.45, 2.75) is 0 Å². The van der Waals surface area contributed by atoms with Gasteiger partial charge in [-0.3, -0.25) is 0 Å². The van der Waals surface area contributed by atoms with Gasteiger partial charge in [-0.2, -0.15) is 0 Å². The molecule has 0 atom stereocenters. The highest BCUT2D eigenvalue weighted by Gasteiger charge is 2.21. The van der Waals surface area contributed by atoms with Crippen molar-refractivity contribution in [3.05, 3.63) is 158 Å². The highest BCUT2D eigenvalue weighted by Crippen LogP contribution is 2.40. The molecular weight excluding hydrogens is 657 g/mol. The highest BCUT2D eigenvalue weighted by atomic mass is 16.3. The average Bonchev–Trinajstić information content (AvgIpc) is 3.94. The van der Waals surface area contributed by atoms with E-state index in [9.17, 15) is 0 Å². The first-order chi connectivity index (χ1) is 26.2. The molecule has 4 aromatic heterocycles. The van der Waals surface area contributed by atoms with E-state index in [2.05, 4.69) is 36.4 Å². The molecule has 0 saturated carbocycles. The number of benzene rings is 7. The Bertz CT molecular complexity index is 3160. The van der Waals surface area contributed by atoms with Crippen molar-refractivity contribution in [3.63, 3.8) is 0 Å². The zero-order valence-electron chi connectivity index (χ0n) is 28.0. The van der Waals surface area contributed by atoms with E-state index in [0.717, 1.165) is 88.4 Å². The van der Waals surface area contributed by atoms with Gasteiger partial charge in [0.2, 0.25) is 5.89 Å². The van der Waals surface area contributed by atoms with Gasteiger partial charge < -0.3 is 13.3 Å². The van der Waals surface area contributed by atoms with Crippen molar-refractivity contribution in [2.75, 3.05) is 0 Å². The first kappa shape index (κ1) is 29.4. The van der Waals surface area contributed by atoms with Gasteiger partial charge in [-0.1, -0.05) is 103 Å². The number of furan rings is 2. The van der Waals surface area contributed by atoms with Crippen LogP contribution in [-0.2, 0) is 0 Å². The number of fused-ring (bicyclic) bond motifs is 7. The summed E-state index contributed by atoms with van der Waals surface area (Å²) >= 11 is 0. The standard InChI is InChI=1S/C46H26N4O3/c1-2-11-27(12-3-1)43-48-44(50-45(49-43)34-18-9-16-32-31-15-4-6-20-37(31)52-42(32)34)33-17-10-22-40-41(33)35-26-29(23-24-38(35)51-40)28-13-8-14-30(25-28)46-47-36-19-5-7-21-39(36)53-46/h1-26H. The predicted octanol–water partition coefficient (Wildman–Crippen LogP) is 12.1. The van der Waals surface area contributed by atoms with E-state index in [-0.39, 0.29) is 0 Å². The minimum atomic E-state index is 0.528. The number of rotatable bonds is 5. The molecule has 0 fully saturated rings. The molecule has 0 N–H and O–H groups in total. The Morgan fingerprint density at radius 1 is 0.340 bits per heavy atom. The second kappa shape index (κ2) is 11.6. The van der Waals surface area contributed by atoms with Crippen LogP contribution in [0.2, 0.25) is 0 Å². The van der Waals surface area contributed by atoms with Crippen LogP contribution in [0.25, 0.3) is 112 Å². The maximum Gasteiger partial charge on any atom is 0.227 e. The van der Waals surface area contributed by atoms with Gasteiger partial charge in [-0.15, -0.1) is 0 Å². The summed E-state index contributed by atoms with van der Waals surface area (Å²) in [6, 6.07) is 52.5. The summed E-state index contributed by atoms with van der Waals surface area (Å²) < 4.78 is 19.0. The highest BCUT2D eigenvalue weighted by molar-refractivity contribution is 6.13. The van der Waals surface area contributed by atoms with Crippen LogP contribution in [0.1, 0.15) is 0 Å². The lowest BCUT2D eigenvalue weighted by Crippen LogP contribution is -2.00. The molecule has 7 aromatic carbocycles. The Balaban J connectivity index is 1.10. The SMILES string of the molecule is c1ccc(-c2nc(-c3cccc4c3oc3ccccc34)nc(-c3cccc4oc5ccc(-c6cccc(-c7nc8ccccc8o7)c6)cc5c34)n2)cc1. The monoisotopic (exact) mass is 682 g/mol. The van der Waals surface area contributed by atoms with Crippen molar-refractivity contribution >= 4 is 55.0 Å². The van der Waals surface area contributed by atoms with Gasteiger partial charge in [0.05, 0.1) is 5.56 Å². The van der Waals surface area contributed by atoms with Crippen LogP contribution < -0.4 is 0 Å². The number of nitrogens with zero attached hydrogens (tertiary/aromatic N) is 4. The van der Waals surface area contributed by atoms with Crippen molar-refractivity contribution in [2.24, 2.45) is 0 Å². The zero-order valence-corrected chi connectivity index (χ0v) is 28.0. The number of hydrogen-bond acceptors (Lipinski definition) is 7. The third kappa shape index (κ3) is 4.82.